The number of hydrogen-bond acceptors (Lipinski definition) is 6. The Morgan fingerprint density at radius 1 is 1.28 bits per heavy atom. The van der Waals surface area contributed by atoms with E-state index in [2.05, 4.69) is 34.1 Å². The number of amides is 1. The third-order valence-electron chi connectivity index (χ3n) is 5.37. The van der Waals surface area contributed by atoms with Crippen molar-refractivity contribution in [3.05, 3.63) is 47.9 Å². The topological polar surface area (TPSA) is 81.0 Å². The zero-order valence-electron chi connectivity index (χ0n) is 16.5. The highest BCUT2D eigenvalue weighted by Gasteiger charge is 2.27. The van der Waals surface area contributed by atoms with Crippen LogP contribution in [0, 0.1) is 0 Å². The normalized spacial score (nSPS) is 21.1. The largest absolute Gasteiger partial charge is 0.490 e. The minimum Gasteiger partial charge on any atom is -0.490 e. The molecule has 1 N–H and O–H groups in total. The SMILES string of the molecule is CC1Cc2cc(NC(=O)c3cnn4cccnc34)c(N3CCO[C@@H](C)C3)cc2O1. The van der Waals surface area contributed by atoms with E-state index in [9.17, 15) is 4.79 Å². The molecule has 1 fully saturated rings. The summed E-state index contributed by atoms with van der Waals surface area (Å²) >= 11 is 0. The van der Waals surface area contributed by atoms with Crippen molar-refractivity contribution in [1.82, 2.24) is 14.6 Å². The Morgan fingerprint density at radius 2 is 2.17 bits per heavy atom. The van der Waals surface area contributed by atoms with Crippen LogP contribution in [0.25, 0.3) is 5.65 Å². The molecule has 1 unspecified atom stereocenters. The molecule has 0 radical (unpaired) electrons. The van der Waals surface area contributed by atoms with Gasteiger partial charge in [0.25, 0.3) is 5.91 Å². The quantitative estimate of drug-likeness (QED) is 0.737. The first kappa shape index (κ1) is 17.9. The minimum atomic E-state index is -0.229. The van der Waals surface area contributed by atoms with Crippen molar-refractivity contribution in [2.24, 2.45) is 0 Å². The van der Waals surface area contributed by atoms with E-state index >= 15 is 0 Å². The summed E-state index contributed by atoms with van der Waals surface area (Å²) in [6.45, 7) is 6.29. The van der Waals surface area contributed by atoms with E-state index in [1.165, 1.54) is 0 Å². The summed E-state index contributed by atoms with van der Waals surface area (Å²) in [6, 6.07) is 5.85. The highest BCUT2D eigenvalue weighted by Crippen LogP contribution is 2.39. The van der Waals surface area contributed by atoms with E-state index in [4.69, 9.17) is 9.47 Å². The zero-order valence-corrected chi connectivity index (χ0v) is 16.5. The molecule has 0 aliphatic carbocycles. The van der Waals surface area contributed by atoms with E-state index in [0.29, 0.717) is 17.8 Å². The maximum absolute atomic E-state index is 13.1. The van der Waals surface area contributed by atoms with Crippen molar-refractivity contribution in [1.29, 1.82) is 0 Å². The molecule has 29 heavy (non-hydrogen) atoms. The number of nitrogens with zero attached hydrogens (tertiary/aromatic N) is 4. The van der Waals surface area contributed by atoms with Crippen molar-refractivity contribution < 1.29 is 14.3 Å². The van der Waals surface area contributed by atoms with Crippen LogP contribution in [0.4, 0.5) is 11.4 Å². The molecule has 150 valence electrons. The van der Waals surface area contributed by atoms with Crippen LogP contribution >= 0.6 is 0 Å². The third-order valence-corrected chi connectivity index (χ3v) is 5.37. The molecule has 3 aromatic rings. The summed E-state index contributed by atoms with van der Waals surface area (Å²) in [4.78, 5) is 19.6. The lowest BCUT2D eigenvalue weighted by molar-refractivity contribution is 0.0532. The summed E-state index contributed by atoms with van der Waals surface area (Å²) in [5.41, 5.74) is 3.80. The van der Waals surface area contributed by atoms with Gasteiger partial charge in [-0.2, -0.15) is 5.10 Å². The Bertz CT molecular complexity index is 1080. The van der Waals surface area contributed by atoms with Gasteiger partial charge < -0.3 is 19.7 Å². The van der Waals surface area contributed by atoms with Crippen molar-refractivity contribution in [3.63, 3.8) is 0 Å². The maximum atomic E-state index is 13.1. The van der Waals surface area contributed by atoms with Crippen LogP contribution in [0.3, 0.4) is 0 Å². The predicted molar refractivity (Wildman–Crippen MR) is 109 cm³/mol. The first-order valence-electron chi connectivity index (χ1n) is 9.88. The number of morpholine rings is 1. The highest BCUT2D eigenvalue weighted by atomic mass is 16.5. The Labute approximate surface area is 168 Å². The van der Waals surface area contributed by atoms with Gasteiger partial charge in [0.2, 0.25) is 0 Å². The number of nitrogens with one attached hydrogen (secondary N) is 1. The molecule has 1 amide bonds. The second kappa shape index (κ2) is 7.04. The predicted octanol–water partition coefficient (Wildman–Crippen LogP) is 2.53. The number of fused-ring (bicyclic) bond motifs is 2. The molecule has 5 rings (SSSR count). The van der Waals surface area contributed by atoms with Gasteiger partial charge in [0.05, 0.1) is 30.3 Å². The number of ether oxygens (including phenoxy) is 2. The fourth-order valence-corrected chi connectivity index (χ4v) is 4.03. The molecule has 1 saturated heterocycles. The number of carbonyl (C=O) groups excluding carboxylic acids is 1. The smallest absolute Gasteiger partial charge is 0.261 e. The summed E-state index contributed by atoms with van der Waals surface area (Å²) in [5, 5.41) is 7.31. The lowest BCUT2D eigenvalue weighted by atomic mass is 10.1. The average Bonchev–Trinajstić information content (AvgIpc) is 3.29. The van der Waals surface area contributed by atoms with Gasteiger partial charge in [-0.15, -0.1) is 0 Å². The molecule has 2 atom stereocenters. The molecule has 2 aromatic heterocycles. The van der Waals surface area contributed by atoms with Crippen LogP contribution in [0.1, 0.15) is 29.8 Å². The van der Waals surface area contributed by atoms with Crippen LogP contribution < -0.4 is 15.0 Å². The molecule has 0 saturated carbocycles. The van der Waals surface area contributed by atoms with Crippen LogP contribution in [0.5, 0.6) is 5.75 Å². The van der Waals surface area contributed by atoms with Crippen LogP contribution in [-0.2, 0) is 11.2 Å². The molecule has 8 heteroatoms. The average molecular weight is 393 g/mol. The maximum Gasteiger partial charge on any atom is 0.261 e. The molecule has 2 aliphatic heterocycles. The van der Waals surface area contributed by atoms with Crippen molar-refractivity contribution in [3.8, 4) is 5.75 Å². The summed E-state index contributed by atoms with van der Waals surface area (Å²) in [7, 11) is 0. The minimum absolute atomic E-state index is 0.129. The fraction of sp³-hybridized carbons (Fsp3) is 0.381. The van der Waals surface area contributed by atoms with Gasteiger partial charge in [-0.05, 0) is 26.0 Å². The molecule has 2 aliphatic rings. The first-order chi connectivity index (χ1) is 14.1. The first-order valence-corrected chi connectivity index (χ1v) is 9.88. The van der Waals surface area contributed by atoms with E-state index < -0.39 is 0 Å². The van der Waals surface area contributed by atoms with Gasteiger partial charge in [0.1, 0.15) is 17.4 Å². The van der Waals surface area contributed by atoms with Gasteiger partial charge in [-0.3, -0.25) is 4.79 Å². The van der Waals surface area contributed by atoms with Gasteiger partial charge in [-0.25, -0.2) is 9.50 Å². The highest BCUT2D eigenvalue weighted by molar-refractivity contribution is 6.09. The second-order valence-electron chi connectivity index (χ2n) is 7.64. The molecule has 8 nitrogen and oxygen atoms in total. The van der Waals surface area contributed by atoms with E-state index in [1.807, 2.05) is 12.1 Å². The van der Waals surface area contributed by atoms with Crippen molar-refractivity contribution in [2.75, 3.05) is 29.9 Å². The van der Waals surface area contributed by atoms with Gasteiger partial charge >= 0.3 is 0 Å². The number of aromatic nitrogens is 3. The summed E-state index contributed by atoms with van der Waals surface area (Å²) in [6.07, 6.45) is 6.07. The van der Waals surface area contributed by atoms with Crippen molar-refractivity contribution >= 4 is 22.9 Å². The van der Waals surface area contributed by atoms with E-state index in [1.54, 1.807) is 29.2 Å². The van der Waals surface area contributed by atoms with Crippen LogP contribution in [-0.4, -0.2) is 52.4 Å². The van der Waals surface area contributed by atoms with Gasteiger partial charge in [0, 0.05) is 43.5 Å². The second-order valence-corrected chi connectivity index (χ2v) is 7.64. The summed E-state index contributed by atoms with van der Waals surface area (Å²) < 4.78 is 13.2. The standard InChI is InChI=1S/C21H23N5O3/c1-13-8-15-9-17(18(10-19(15)29-13)25-6-7-28-14(2)12-25)24-21(27)16-11-23-26-5-3-4-22-20(16)26/h3-5,9-11,13-14H,6-8,12H2,1-2H3,(H,24,27)/t13?,14-/m0/s1. The van der Waals surface area contributed by atoms with Gasteiger partial charge in [0.15, 0.2) is 5.65 Å². The molecule has 0 spiro atoms. The molecular weight excluding hydrogens is 370 g/mol. The number of rotatable bonds is 3. The van der Waals surface area contributed by atoms with Gasteiger partial charge in [-0.1, -0.05) is 0 Å². The Kier molecular flexibility index (Phi) is 4.35. The Balaban J connectivity index is 1.51. The molecule has 1 aromatic carbocycles. The van der Waals surface area contributed by atoms with Crippen molar-refractivity contribution in [2.45, 2.75) is 32.5 Å². The Hall–Kier alpha value is -3.13. The monoisotopic (exact) mass is 393 g/mol. The lowest BCUT2D eigenvalue weighted by Crippen LogP contribution is -2.41. The number of benzene rings is 1. The molecule has 0 bridgehead atoms. The number of carbonyl (C=O) groups is 1. The molecular formula is C21H23N5O3. The lowest BCUT2D eigenvalue weighted by Gasteiger charge is -2.34. The number of anilines is 2. The molecule has 4 heterocycles. The Morgan fingerprint density at radius 3 is 3.03 bits per heavy atom. The third kappa shape index (κ3) is 3.29. The fourth-order valence-electron chi connectivity index (χ4n) is 4.03. The summed E-state index contributed by atoms with van der Waals surface area (Å²) in [5.74, 6) is 0.662. The zero-order chi connectivity index (χ0) is 20.0. The van der Waals surface area contributed by atoms with E-state index in [-0.39, 0.29) is 18.1 Å². The van der Waals surface area contributed by atoms with Crippen LogP contribution in [0.2, 0.25) is 0 Å². The van der Waals surface area contributed by atoms with E-state index in [0.717, 1.165) is 42.2 Å². The number of hydrogen-bond donors (Lipinski definition) is 1. The van der Waals surface area contributed by atoms with Crippen LogP contribution in [0.15, 0.2) is 36.8 Å².